The number of phenols is 1. The first-order valence-electron chi connectivity index (χ1n) is 4.59. The minimum absolute atomic E-state index is 0.0533. The molecule has 1 aliphatic carbocycles. The molecule has 2 N–H and O–H groups in total. The smallest absolute Gasteiger partial charge is 0.175 e. The Balaban J connectivity index is 2.56. The second-order valence-electron chi connectivity index (χ2n) is 3.98. The van der Waals surface area contributed by atoms with Crippen molar-refractivity contribution in [1.82, 2.24) is 0 Å². The Kier molecular flexibility index (Phi) is 2.06. The highest BCUT2D eigenvalue weighted by atomic mass is 32.2. The SMILES string of the molecule is CS(=O)(=O)c1ccc(O)c(C2(O)CC2)c1. The lowest BCUT2D eigenvalue weighted by Crippen LogP contribution is -2.07. The molecule has 2 rings (SSSR count). The van der Waals surface area contributed by atoms with Crippen LogP contribution in [0.25, 0.3) is 0 Å². The van der Waals surface area contributed by atoms with Crippen LogP contribution < -0.4 is 0 Å². The summed E-state index contributed by atoms with van der Waals surface area (Å²) in [5.74, 6) is -0.0533. The molecule has 0 aliphatic heterocycles. The molecule has 0 spiro atoms. The van der Waals surface area contributed by atoms with Crippen molar-refractivity contribution < 1.29 is 18.6 Å². The standard InChI is InChI=1S/C10H12O4S/c1-15(13,14)7-2-3-9(11)8(6-7)10(12)4-5-10/h2-3,6,11-12H,4-5H2,1H3. The third kappa shape index (κ3) is 1.85. The highest BCUT2D eigenvalue weighted by Gasteiger charge is 2.44. The summed E-state index contributed by atoms with van der Waals surface area (Å²) >= 11 is 0. The zero-order valence-corrected chi connectivity index (χ0v) is 9.08. The van der Waals surface area contributed by atoms with Crippen molar-refractivity contribution in [1.29, 1.82) is 0 Å². The fourth-order valence-electron chi connectivity index (χ4n) is 1.51. The van der Waals surface area contributed by atoms with Gasteiger partial charge in [-0.2, -0.15) is 0 Å². The molecule has 0 heterocycles. The van der Waals surface area contributed by atoms with E-state index in [1.165, 1.54) is 18.2 Å². The van der Waals surface area contributed by atoms with Crippen LogP contribution in [0.3, 0.4) is 0 Å². The largest absolute Gasteiger partial charge is 0.508 e. The second kappa shape index (κ2) is 2.96. The number of benzene rings is 1. The Morgan fingerprint density at radius 3 is 2.40 bits per heavy atom. The third-order valence-corrected chi connectivity index (χ3v) is 3.73. The fourth-order valence-corrected chi connectivity index (χ4v) is 2.15. The molecule has 0 bridgehead atoms. The summed E-state index contributed by atoms with van der Waals surface area (Å²) in [6.45, 7) is 0. The maximum atomic E-state index is 11.3. The number of sulfone groups is 1. The number of rotatable bonds is 2. The maximum absolute atomic E-state index is 11.3. The lowest BCUT2D eigenvalue weighted by Gasteiger charge is -2.11. The molecule has 0 radical (unpaired) electrons. The van der Waals surface area contributed by atoms with E-state index >= 15 is 0 Å². The Bertz CT molecular complexity index is 500. The van der Waals surface area contributed by atoms with Crippen molar-refractivity contribution >= 4 is 9.84 Å². The quantitative estimate of drug-likeness (QED) is 0.784. The summed E-state index contributed by atoms with van der Waals surface area (Å²) in [5.41, 5.74) is -0.712. The summed E-state index contributed by atoms with van der Waals surface area (Å²) in [6.07, 6.45) is 2.22. The van der Waals surface area contributed by atoms with Crippen molar-refractivity contribution in [2.45, 2.75) is 23.3 Å². The van der Waals surface area contributed by atoms with Gasteiger partial charge >= 0.3 is 0 Å². The van der Waals surface area contributed by atoms with Crippen LogP contribution in [0.15, 0.2) is 23.1 Å². The molecular formula is C10H12O4S. The molecular weight excluding hydrogens is 216 g/mol. The molecule has 0 saturated heterocycles. The number of aliphatic hydroxyl groups is 1. The first-order chi connectivity index (χ1) is 6.83. The van der Waals surface area contributed by atoms with Crippen LogP contribution >= 0.6 is 0 Å². The molecule has 0 unspecified atom stereocenters. The van der Waals surface area contributed by atoms with E-state index in [0.29, 0.717) is 18.4 Å². The summed E-state index contributed by atoms with van der Waals surface area (Å²) < 4.78 is 22.6. The lowest BCUT2D eigenvalue weighted by atomic mass is 10.1. The van der Waals surface area contributed by atoms with Crippen LogP contribution in [0, 0.1) is 0 Å². The predicted molar refractivity (Wildman–Crippen MR) is 54.3 cm³/mol. The molecule has 1 aromatic carbocycles. The van der Waals surface area contributed by atoms with E-state index in [9.17, 15) is 18.6 Å². The van der Waals surface area contributed by atoms with Gasteiger partial charge in [0.25, 0.3) is 0 Å². The van der Waals surface area contributed by atoms with Gasteiger partial charge in [-0.15, -0.1) is 0 Å². The molecule has 0 atom stereocenters. The first kappa shape index (κ1) is 10.4. The van der Waals surface area contributed by atoms with Crippen LogP contribution in [0.1, 0.15) is 18.4 Å². The van der Waals surface area contributed by atoms with Crippen LogP contribution in [-0.2, 0) is 15.4 Å². The number of phenolic OH excluding ortho intramolecular Hbond substituents is 1. The Morgan fingerprint density at radius 1 is 1.33 bits per heavy atom. The van der Waals surface area contributed by atoms with Crippen LogP contribution in [0.5, 0.6) is 5.75 Å². The average Bonchev–Trinajstić information content (AvgIpc) is 2.83. The van der Waals surface area contributed by atoms with Crippen LogP contribution in [0.2, 0.25) is 0 Å². The highest BCUT2D eigenvalue weighted by Crippen LogP contribution is 2.48. The zero-order valence-electron chi connectivity index (χ0n) is 8.27. The van der Waals surface area contributed by atoms with Crippen LogP contribution in [0.4, 0.5) is 0 Å². The van der Waals surface area contributed by atoms with Gasteiger partial charge in [0.15, 0.2) is 9.84 Å². The Morgan fingerprint density at radius 2 is 1.93 bits per heavy atom. The minimum atomic E-state index is -3.30. The van der Waals surface area contributed by atoms with Gasteiger partial charge in [-0.25, -0.2) is 8.42 Å². The van der Waals surface area contributed by atoms with Gasteiger partial charge < -0.3 is 10.2 Å². The van der Waals surface area contributed by atoms with Crippen molar-refractivity contribution in [3.63, 3.8) is 0 Å². The van der Waals surface area contributed by atoms with Crippen molar-refractivity contribution in [2.24, 2.45) is 0 Å². The van der Waals surface area contributed by atoms with Gasteiger partial charge in [-0.05, 0) is 31.0 Å². The normalized spacial score (nSPS) is 18.8. The third-order valence-electron chi connectivity index (χ3n) is 2.62. The van der Waals surface area contributed by atoms with E-state index < -0.39 is 15.4 Å². The molecule has 15 heavy (non-hydrogen) atoms. The maximum Gasteiger partial charge on any atom is 0.175 e. The van der Waals surface area contributed by atoms with E-state index in [0.717, 1.165) is 6.26 Å². The van der Waals surface area contributed by atoms with Gasteiger partial charge in [0.2, 0.25) is 0 Å². The molecule has 4 nitrogen and oxygen atoms in total. The molecule has 1 saturated carbocycles. The van der Waals surface area contributed by atoms with E-state index in [1.54, 1.807) is 0 Å². The second-order valence-corrected chi connectivity index (χ2v) is 6.00. The van der Waals surface area contributed by atoms with Gasteiger partial charge in [0, 0.05) is 11.8 Å². The van der Waals surface area contributed by atoms with Crippen LogP contribution in [-0.4, -0.2) is 24.9 Å². The van der Waals surface area contributed by atoms with E-state index in [2.05, 4.69) is 0 Å². The molecule has 1 aliphatic rings. The van der Waals surface area contributed by atoms with E-state index in [1.807, 2.05) is 0 Å². The molecule has 1 fully saturated rings. The highest BCUT2D eigenvalue weighted by molar-refractivity contribution is 7.90. The lowest BCUT2D eigenvalue weighted by molar-refractivity contribution is 0.147. The van der Waals surface area contributed by atoms with E-state index in [-0.39, 0.29) is 10.6 Å². The van der Waals surface area contributed by atoms with Gasteiger partial charge in [0.05, 0.1) is 10.5 Å². The van der Waals surface area contributed by atoms with Gasteiger partial charge in [-0.1, -0.05) is 0 Å². The topological polar surface area (TPSA) is 74.6 Å². The van der Waals surface area contributed by atoms with Crippen molar-refractivity contribution in [2.75, 3.05) is 6.26 Å². The fraction of sp³-hybridized carbons (Fsp3) is 0.400. The molecule has 82 valence electrons. The molecule has 0 aromatic heterocycles. The minimum Gasteiger partial charge on any atom is -0.508 e. The zero-order chi connectivity index (χ0) is 11.3. The average molecular weight is 228 g/mol. The number of hydrogen-bond donors (Lipinski definition) is 2. The van der Waals surface area contributed by atoms with Crippen molar-refractivity contribution in [3.8, 4) is 5.75 Å². The van der Waals surface area contributed by atoms with E-state index in [4.69, 9.17) is 0 Å². The molecule has 1 aromatic rings. The monoisotopic (exact) mass is 228 g/mol. The van der Waals surface area contributed by atoms with Gasteiger partial charge in [-0.3, -0.25) is 0 Å². The number of hydrogen-bond acceptors (Lipinski definition) is 4. The van der Waals surface area contributed by atoms with Crippen molar-refractivity contribution in [3.05, 3.63) is 23.8 Å². The number of aromatic hydroxyl groups is 1. The summed E-state index contributed by atoms with van der Waals surface area (Å²) in [7, 11) is -3.30. The van der Waals surface area contributed by atoms with Gasteiger partial charge in [0.1, 0.15) is 5.75 Å². The summed E-state index contributed by atoms with van der Waals surface area (Å²) in [5, 5.41) is 19.3. The predicted octanol–water partition coefficient (Wildman–Crippen LogP) is 0.777. The molecule has 5 heteroatoms. The summed E-state index contributed by atoms with van der Waals surface area (Å²) in [4.78, 5) is 0.121. The molecule has 0 amide bonds. The summed E-state index contributed by atoms with van der Waals surface area (Å²) in [6, 6.07) is 3.99. The Hall–Kier alpha value is -1.07. The first-order valence-corrected chi connectivity index (χ1v) is 6.48. The Labute approximate surface area is 88.1 Å².